The molecule has 100 valence electrons. The summed E-state index contributed by atoms with van der Waals surface area (Å²) >= 11 is 0. The van der Waals surface area contributed by atoms with Gasteiger partial charge in [-0.2, -0.15) is 0 Å². The predicted molar refractivity (Wildman–Crippen MR) is 80.4 cm³/mol. The highest BCUT2D eigenvalue weighted by atomic mass is 15.0. The number of benzene rings is 1. The van der Waals surface area contributed by atoms with Gasteiger partial charge in [0, 0.05) is 11.5 Å². The molecule has 2 aromatic rings. The van der Waals surface area contributed by atoms with Crippen molar-refractivity contribution in [3.8, 4) is 11.4 Å². The molecule has 3 nitrogen and oxygen atoms in total. The van der Waals surface area contributed by atoms with Crippen molar-refractivity contribution in [3.63, 3.8) is 0 Å². The Hall–Kier alpha value is -2.29. The second-order valence-corrected chi connectivity index (χ2v) is 5.09. The monoisotopic (exact) mass is 263 g/mol. The first-order chi connectivity index (χ1) is 9.72. The smallest absolute Gasteiger partial charge is 0.163 e. The van der Waals surface area contributed by atoms with Crippen molar-refractivity contribution in [2.75, 3.05) is 0 Å². The van der Waals surface area contributed by atoms with Gasteiger partial charge in [0.25, 0.3) is 0 Å². The number of rotatable bonds is 2. The molecular weight excluding hydrogens is 246 g/mol. The van der Waals surface area contributed by atoms with Crippen LogP contribution in [0.1, 0.15) is 29.6 Å². The van der Waals surface area contributed by atoms with Crippen molar-refractivity contribution in [3.05, 3.63) is 65.8 Å². The number of hydrogen-bond acceptors (Lipinski definition) is 3. The predicted octanol–water partition coefficient (Wildman–Crippen LogP) is 3.76. The summed E-state index contributed by atoms with van der Waals surface area (Å²) in [6.45, 7) is 4.00. The summed E-state index contributed by atoms with van der Waals surface area (Å²) in [5.41, 5.74) is 2.26. The van der Waals surface area contributed by atoms with Gasteiger partial charge in [0.05, 0.1) is 0 Å². The van der Waals surface area contributed by atoms with E-state index in [1.165, 1.54) is 5.56 Å². The quantitative estimate of drug-likeness (QED) is 0.828. The summed E-state index contributed by atoms with van der Waals surface area (Å²) in [7, 11) is 0. The topological polar surface area (TPSA) is 38.7 Å². The maximum atomic E-state index is 4.66. The molecule has 0 saturated carbocycles. The van der Waals surface area contributed by atoms with Crippen molar-refractivity contribution in [1.29, 1.82) is 0 Å². The first kappa shape index (κ1) is 12.7. The van der Waals surface area contributed by atoms with Crippen LogP contribution >= 0.6 is 0 Å². The Kier molecular flexibility index (Phi) is 3.42. The molecule has 0 bridgehead atoms. The molecule has 1 heterocycles. The number of aryl methyl sites for hydroxylation is 2. The summed E-state index contributed by atoms with van der Waals surface area (Å²) in [6.07, 6.45) is 9.36. The Labute approximate surface area is 119 Å². The fourth-order valence-corrected chi connectivity index (χ4v) is 2.35. The van der Waals surface area contributed by atoms with Gasteiger partial charge in [0.15, 0.2) is 5.82 Å². The van der Waals surface area contributed by atoms with Crippen LogP contribution in [0.5, 0.6) is 0 Å². The molecule has 20 heavy (non-hydrogen) atoms. The van der Waals surface area contributed by atoms with Gasteiger partial charge >= 0.3 is 0 Å². The highest BCUT2D eigenvalue weighted by molar-refractivity contribution is 5.55. The van der Waals surface area contributed by atoms with E-state index in [1.54, 1.807) is 0 Å². The lowest BCUT2D eigenvalue weighted by Gasteiger charge is -2.13. The van der Waals surface area contributed by atoms with Crippen molar-refractivity contribution in [2.45, 2.75) is 26.2 Å². The average molecular weight is 263 g/mol. The molecule has 1 aliphatic rings. The van der Waals surface area contributed by atoms with Crippen molar-refractivity contribution < 1.29 is 0 Å². The number of hydrogen-bond donors (Lipinski definition) is 0. The highest BCUT2D eigenvalue weighted by Gasteiger charge is 2.14. The maximum Gasteiger partial charge on any atom is 0.163 e. The van der Waals surface area contributed by atoms with Gasteiger partial charge in [-0.25, -0.2) is 15.0 Å². The van der Waals surface area contributed by atoms with Crippen LogP contribution < -0.4 is 0 Å². The van der Waals surface area contributed by atoms with Crippen molar-refractivity contribution in [1.82, 2.24) is 15.0 Å². The van der Waals surface area contributed by atoms with E-state index in [2.05, 4.69) is 58.3 Å². The zero-order valence-corrected chi connectivity index (χ0v) is 11.7. The van der Waals surface area contributed by atoms with E-state index in [0.717, 1.165) is 29.5 Å². The lowest BCUT2D eigenvalue weighted by Crippen LogP contribution is -2.07. The van der Waals surface area contributed by atoms with E-state index in [1.807, 2.05) is 19.1 Å². The van der Waals surface area contributed by atoms with Crippen LogP contribution in [0, 0.1) is 13.8 Å². The summed E-state index contributed by atoms with van der Waals surface area (Å²) in [6, 6.07) is 8.26. The van der Waals surface area contributed by atoms with E-state index in [9.17, 15) is 0 Å². The minimum atomic E-state index is 0.255. The van der Waals surface area contributed by atoms with E-state index in [4.69, 9.17) is 0 Å². The normalized spacial score (nSPS) is 17.4. The SMILES string of the molecule is Cc1cccc(-c2nc(C)nc(C3C=CC=CC3)n2)c1. The number of allylic oxidation sites excluding steroid dienone is 4. The zero-order chi connectivity index (χ0) is 13.9. The minimum Gasteiger partial charge on any atom is -0.218 e. The molecule has 1 atom stereocenters. The lowest BCUT2D eigenvalue weighted by atomic mass is 10.00. The molecule has 1 unspecified atom stereocenters. The Morgan fingerprint density at radius 3 is 2.70 bits per heavy atom. The second-order valence-electron chi connectivity index (χ2n) is 5.09. The third-order valence-corrected chi connectivity index (χ3v) is 3.35. The van der Waals surface area contributed by atoms with Gasteiger partial charge in [-0.1, -0.05) is 48.1 Å². The van der Waals surface area contributed by atoms with Crippen molar-refractivity contribution >= 4 is 0 Å². The largest absolute Gasteiger partial charge is 0.218 e. The Morgan fingerprint density at radius 1 is 1.05 bits per heavy atom. The molecule has 0 aliphatic heterocycles. The first-order valence-electron chi connectivity index (χ1n) is 6.85. The van der Waals surface area contributed by atoms with Crippen LogP contribution in [0.3, 0.4) is 0 Å². The maximum absolute atomic E-state index is 4.66. The van der Waals surface area contributed by atoms with Gasteiger partial charge < -0.3 is 0 Å². The van der Waals surface area contributed by atoms with Gasteiger partial charge in [-0.15, -0.1) is 0 Å². The molecular formula is C17H17N3. The number of nitrogens with zero attached hydrogens (tertiary/aromatic N) is 3. The molecule has 1 aromatic heterocycles. The van der Waals surface area contributed by atoms with Gasteiger partial charge in [0.2, 0.25) is 0 Å². The zero-order valence-electron chi connectivity index (χ0n) is 11.7. The van der Waals surface area contributed by atoms with Gasteiger partial charge in [-0.3, -0.25) is 0 Å². The summed E-state index contributed by atoms with van der Waals surface area (Å²) in [5.74, 6) is 2.65. The standard InChI is InChI=1S/C17H17N3/c1-12-7-6-10-15(11-12)17-19-13(2)18-16(20-17)14-8-4-3-5-9-14/h3-8,10-11,14H,9H2,1-2H3. The van der Waals surface area contributed by atoms with Gasteiger partial charge in [-0.05, 0) is 26.3 Å². The molecule has 0 radical (unpaired) electrons. The van der Waals surface area contributed by atoms with E-state index in [0.29, 0.717) is 0 Å². The van der Waals surface area contributed by atoms with Crippen LogP contribution in [0.2, 0.25) is 0 Å². The molecule has 1 aromatic carbocycles. The molecule has 1 aliphatic carbocycles. The van der Waals surface area contributed by atoms with E-state index < -0.39 is 0 Å². The molecule has 3 rings (SSSR count). The lowest BCUT2D eigenvalue weighted by molar-refractivity contribution is 0.749. The molecule has 0 N–H and O–H groups in total. The molecule has 0 saturated heterocycles. The van der Waals surface area contributed by atoms with Crippen LogP contribution in [0.25, 0.3) is 11.4 Å². The van der Waals surface area contributed by atoms with Crippen LogP contribution in [-0.4, -0.2) is 15.0 Å². The van der Waals surface area contributed by atoms with Gasteiger partial charge in [0.1, 0.15) is 11.6 Å². The van der Waals surface area contributed by atoms with Crippen LogP contribution in [-0.2, 0) is 0 Å². The fourth-order valence-electron chi connectivity index (χ4n) is 2.35. The first-order valence-corrected chi connectivity index (χ1v) is 6.85. The Balaban J connectivity index is 2.02. The average Bonchev–Trinajstić information content (AvgIpc) is 2.47. The van der Waals surface area contributed by atoms with Crippen molar-refractivity contribution in [2.24, 2.45) is 0 Å². The molecule has 3 heteroatoms. The summed E-state index contributed by atoms with van der Waals surface area (Å²) in [5, 5.41) is 0. The van der Waals surface area contributed by atoms with E-state index >= 15 is 0 Å². The van der Waals surface area contributed by atoms with Crippen LogP contribution in [0.15, 0.2) is 48.6 Å². The Bertz CT molecular complexity index is 686. The van der Waals surface area contributed by atoms with E-state index in [-0.39, 0.29) is 5.92 Å². The summed E-state index contributed by atoms with van der Waals surface area (Å²) < 4.78 is 0. The number of aromatic nitrogens is 3. The second kappa shape index (κ2) is 5.37. The third-order valence-electron chi connectivity index (χ3n) is 3.35. The molecule has 0 spiro atoms. The molecule has 0 fully saturated rings. The summed E-state index contributed by atoms with van der Waals surface area (Å²) in [4.78, 5) is 13.6. The molecule has 0 amide bonds. The van der Waals surface area contributed by atoms with Crippen LogP contribution in [0.4, 0.5) is 0 Å². The fraction of sp³-hybridized carbons (Fsp3) is 0.235. The Morgan fingerprint density at radius 2 is 1.95 bits per heavy atom. The third kappa shape index (κ3) is 2.67. The highest BCUT2D eigenvalue weighted by Crippen LogP contribution is 2.24. The minimum absolute atomic E-state index is 0.255.